The Morgan fingerprint density at radius 1 is 1.04 bits per heavy atom. The van der Waals surface area contributed by atoms with Gasteiger partial charge >= 0.3 is 5.97 Å². The van der Waals surface area contributed by atoms with E-state index < -0.39 is 11.4 Å². The summed E-state index contributed by atoms with van der Waals surface area (Å²) in [6.45, 7) is 1.87. The fraction of sp³-hybridized carbons (Fsp3) is 0.0435. The number of carbonyl (C=O) groups is 1. The van der Waals surface area contributed by atoms with Gasteiger partial charge in [-0.2, -0.15) is 0 Å². The predicted octanol–water partition coefficient (Wildman–Crippen LogP) is 4.98. The van der Waals surface area contributed by atoms with E-state index >= 15 is 0 Å². The molecule has 2 heterocycles. The maximum Gasteiger partial charge on any atom is 0.336 e. The Morgan fingerprint density at radius 3 is 2.61 bits per heavy atom. The van der Waals surface area contributed by atoms with E-state index in [-0.39, 0.29) is 11.5 Å². The molecular formula is C23H16O5. The Hall–Kier alpha value is -3.86. The summed E-state index contributed by atoms with van der Waals surface area (Å²) in [6, 6.07) is 17.9. The molecule has 0 radical (unpaired) electrons. The zero-order valence-corrected chi connectivity index (χ0v) is 15.0. The lowest BCUT2D eigenvalue weighted by Crippen LogP contribution is -2.14. The van der Waals surface area contributed by atoms with E-state index in [0.29, 0.717) is 16.7 Å². The summed E-state index contributed by atoms with van der Waals surface area (Å²) in [5.41, 5.74) is 1.69. The van der Waals surface area contributed by atoms with Gasteiger partial charge in [-0.3, -0.25) is 4.79 Å². The first-order valence-electron chi connectivity index (χ1n) is 8.68. The quantitative estimate of drug-likeness (QED) is 0.373. The Labute approximate surface area is 160 Å². The number of esters is 1. The van der Waals surface area contributed by atoms with Crippen molar-refractivity contribution in [2.45, 2.75) is 6.92 Å². The third kappa shape index (κ3) is 3.50. The van der Waals surface area contributed by atoms with Crippen LogP contribution in [0.15, 0.2) is 86.6 Å². The number of fused-ring (bicyclic) bond motifs is 1. The summed E-state index contributed by atoms with van der Waals surface area (Å²) in [7, 11) is 0. The molecule has 138 valence electrons. The summed E-state index contributed by atoms with van der Waals surface area (Å²) in [6.07, 6.45) is 4.33. The smallest absolute Gasteiger partial charge is 0.336 e. The topological polar surface area (TPSA) is 69.7 Å². The van der Waals surface area contributed by atoms with Gasteiger partial charge in [0.05, 0.1) is 11.6 Å². The van der Waals surface area contributed by atoms with Crippen LogP contribution in [0, 0.1) is 6.92 Å². The monoisotopic (exact) mass is 372 g/mol. The minimum Gasteiger partial charge on any atom is -0.461 e. The fourth-order valence-corrected chi connectivity index (χ4v) is 2.82. The van der Waals surface area contributed by atoms with Crippen LogP contribution in [0.25, 0.3) is 28.6 Å². The van der Waals surface area contributed by atoms with Gasteiger partial charge in [0.25, 0.3) is 0 Å². The number of carbonyl (C=O) groups excluding carboxylic acids is 1. The summed E-state index contributed by atoms with van der Waals surface area (Å²) >= 11 is 0. The summed E-state index contributed by atoms with van der Waals surface area (Å²) in [5.74, 6) is -0.506. The van der Waals surface area contributed by atoms with Crippen molar-refractivity contribution in [2.75, 3.05) is 0 Å². The van der Waals surface area contributed by atoms with Crippen LogP contribution in [0.5, 0.6) is 5.75 Å². The number of ether oxygens (including phenoxy) is 1. The van der Waals surface area contributed by atoms with Gasteiger partial charge < -0.3 is 13.6 Å². The van der Waals surface area contributed by atoms with Crippen molar-refractivity contribution < 1.29 is 18.4 Å². The van der Waals surface area contributed by atoms with Crippen LogP contribution in [-0.4, -0.2) is 5.97 Å². The lowest BCUT2D eigenvalue weighted by molar-refractivity contribution is -0.129. The first kappa shape index (κ1) is 17.5. The first-order chi connectivity index (χ1) is 13.6. The molecule has 4 aromatic rings. The van der Waals surface area contributed by atoms with Crippen molar-refractivity contribution in [3.8, 4) is 17.3 Å². The molecule has 2 aromatic heterocycles. The maximum absolute atomic E-state index is 13.0. The van der Waals surface area contributed by atoms with Gasteiger partial charge in [-0.05, 0) is 42.8 Å². The van der Waals surface area contributed by atoms with Crippen molar-refractivity contribution in [2.24, 2.45) is 0 Å². The minimum atomic E-state index is -0.684. The third-order valence-corrected chi connectivity index (χ3v) is 4.16. The van der Waals surface area contributed by atoms with Gasteiger partial charge in [-0.1, -0.05) is 42.0 Å². The average Bonchev–Trinajstić information content (AvgIpc) is 3.24. The number of benzene rings is 2. The first-order valence-corrected chi connectivity index (χ1v) is 8.68. The Kier molecular flexibility index (Phi) is 4.64. The molecule has 28 heavy (non-hydrogen) atoms. The molecule has 2 aromatic carbocycles. The second kappa shape index (κ2) is 7.40. The highest BCUT2D eigenvalue weighted by Crippen LogP contribution is 2.31. The molecular weight excluding hydrogens is 356 g/mol. The van der Waals surface area contributed by atoms with Crippen LogP contribution in [0.3, 0.4) is 0 Å². The molecule has 0 unspecified atom stereocenters. The zero-order chi connectivity index (χ0) is 19.5. The van der Waals surface area contributed by atoms with Crippen LogP contribution < -0.4 is 10.2 Å². The Morgan fingerprint density at radius 2 is 1.86 bits per heavy atom. The standard InChI is InChI=1S/C23H16O5/c1-15-9-11-18-17(14-15)21(25)23(22(27-18)19-8-5-13-26-19)28-20(24)12-10-16-6-3-2-4-7-16/h2-14H,1H3. The summed E-state index contributed by atoms with van der Waals surface area (Å²) in [4.78, 5) is 25.3. The molecule has 0 saturated carbocycles. The van der Waals surface area contributed by atoms with Crippen molar-refractivity contribution in [3.63, 3.8) is 0 Å². The molecule has 0 N–H and O–H groups in total. The minimum absolute atomic E-state index is 0.0767. The van der Waals surface area contributed by atoms with Crippen LogP contribution in [0.1, 0.15) is 11.1 Å². The van der Waals surface area contributed by atoms with Crippen molar-refractivity contribution in [1.29, 1.82) is 0 Å². The highest BCUT2D eigenvalue weighted by molar-refractivity contribution is 5.90. The molecule has 0 bridgehead atoms. The fourth-order valence-electron chi connectivity index (χ4n) is 2.82. The molecule has 5 nitrogen and oxygen atoms in total. The molecule has 5 heteroatoms. The van der Waals surface area contributed by atoms with Gasteiger partial charge in [0.15, 0.2) is 5.76 Å². The second-order valence-electron chi connectivity index (χ2n) is 6.23. The van der Waals surface area contributed by atoms with E-state index in [1.807, 2.05) is 43.3 Å². The number of hydrogen-bond acceptors (Lipinski definition) is 5. The van der Waals surface area contributed by atoms with Gasteiger partial charge in [0.1, 0.15) is 5.58 Å². The summed E-state index contributed by atoms with van der Waals surface area (Å²) in [5, 5.41) is 0.338. The number of aryl methyl sites for hydroxylation is 1. The predicted molar refractivity (Wildman–Crippen MR) is 106 cm³/mol. The van der Waals surface area contributed by atoms with Crippen molar-refractivity contribution in [1.82, 2.24) is 0 Å². The van der Waals surface area contributed by atoms with Crippen LogP contribution >= 0.6 is 0 Å². The number of rotatable bonds is 4. The van der Waals surface area contributed by atoms with E-state index in [2.05, 4.69) is 0 Å². The molecule has 0 aliphatic carbocycles. The number of hydrogen-bond donors (Lipinski definition) is 0. The van der Waals surface area contributed by atoms with Gasteiger partial charge in [-0.15, -0.1) is 0 Å². The molecule has 0 aliphatic heterocycles. The van der Waals surface area contributed by atoms with Gasteiger partial charge in [0.2, 0.25) is 16.9 Å². The lowest BCUT2D eigenvalue weighted by Gasteiger charge is -2.08. The van der Waals surface area contributed by atoms with Gasteiger partial charge in [0, 0.05) is 6.08 Å². The van der Waals surface area contributed by atoms with Crippen LogP contribution in [0.4, 0.5) is 0 Å². The molecule has 4 rings (SSSR count). The SMILES string of the molecule is Cc1ccc2oc(-c3ccco3)c(OC(=O)C=Cc3ccccc3)c(=O)c2c1. The zero-order valence-electron chi connectivity index (χ0n) is 15.0. The maximum atomic E-state index is 13.0. The highest BCUT2D eigenvalue weighted by Gasteiger charge is 2.21. The van der Waals surface area contributed by atoms with E-state index in [1.54, 1.807) is 30.3 Å². The van der Waals surface area contributed by atoms with Gasteiger partial charge in [-0.25, -0.2) is 4.79 Å². The molecule has 0 amide bonds. The van der Waals surface area contributed by atoms with Crippen molar-refractivity contribution in [3.05, 3.63) is 94.4 Å². The normalized spacial score (nSPS) is 11.2. The average molecular weight is 372 g/mol. The van der Waals surface area contributed by atoms with Crippen LogP contribution in [0.2, 0.25) is 0 Å². The van der Waals surface area contributed by atoms with E-state index in [4.69, 9.17) is 13.6 Å². The molecule has 0 saturated heterocycles. The van der Waals surface area contributed by atoms with Crippen molar-refractivity contribution >= 4 is 23.0 Å². The second-order valence-corrected chi connectivity index (χ2v) is 6.23. The van der Waals surface area contributed by atoms with Crippen LogP contribution in [-0.2, 0) is 4.79 Å². The highest BCUT2D eigenvalue weighted by atomic mass is 16.5. The molecule has 0 spiro atoms. The lowest BCUT2D eigenvalue weighted by atomic mass is 10.1. The van der Waals surface area contributed by atoms with E-state index in [1.165, 1.54) is 12.3 Å². The van der Waals surface area contributed by atoms with E-state index in [9.17, 15) is 9.59 Å². The Bertz CT molecular complexity index is 1220. The molecule has 0 atom stereocenters. The third-order valence-electron chi connectivity index (χ3n) is 4.16. The molecule has 0 fully saturated rings. The Balaban J connectivity index is 1.77. The summed E-state index contributed by atoms with van der Waals surface area (Å²) < 4.78 is 16.6. The largest absolute Gasteiger partial charge is 0.461 e. The number of furan rings is 1. The molecule has 0 aliphatic rings. The van der Waals surface area contributed by atoms with E-state index in [0.717, 1.165) is 11.1 Å².